The normalized spacial score (nSPS) is 20.2. The molecule has 0 bridgehead atoms. The van der Waals surface area contributed by atoms with Gasteiger partial charge < -0.3 is 19.6 Å². The number of piperidine rings is 1. The second-order valence-electron chi connectivity index (χ2n) is 9.08. The summed E-state index contributed by atoms with van der Waals surface area (Å²) >= 11 is 0. The summed E-state index contributed by atoms with van der Waals surface area (Å²) in [5, 5.41) is 9.10. The number of carbonyl (C=O) groups excluding carboxylic acids is 2. The molecule has 0 aliphatic carbocycles. The van der Waals surface area contributed by atoms with E-state index in [1.54, 1.807) is 44.1 Å². The summed E-state index contributed by atoms with van der Waals surface area (Å²) in [6, 6.07) is 4.54. The third-order valence-corrected chi connectivity index (χ3v) is 6.47. The SMILES string of the molecule is CN(C)C(=O)C1CC2(CCN(C(=O)N(C)C)CC2)CN1c1ccc(C#N)c(C(F)(F)F)c1. The molecule has 2 aliphatic rings. The van der Waals surface area contributed by atoms with Crippen molar-refractivity contribution in [1.29, 1.82) is 5.26 Å². The van der Waals surface area contributed by atoms with Crippen molar-refractivity contribution >= 4 is 17.6 Å². The number of likely N-dealkylation sites (N-methyl/N-ethyl adjacent to an activating group) is 1. The second-order valence-corrected chi connectivity index (χ2v) is 9.08. The van der Waals surface area contributed by atoms with Gasteiger partial charge in [0, 0.05) is 53.5 Å². The Morgan fingerprint density at radius 3 is 2.25 bits per heavy atom. The van der Waals surface area contributed by atoms with E-state index in [0.29, 0.717) is 38.9 Å². The predicted molar refractivity (Wildman–Crippen MR) is 113 cm³/mol. The maximum Gasteiger partial charge on any atom is 0.417 e. The van der Waals surface area contributed by atoms with Crippen molar-refractivity contribution in [3.05, 3.63) is 29.3 Å². The van der Waals surface area contributed by atoms with Crippen molar-refractivity contribution in [3.8, 4) is 6.07 Å². The first-order valence-corrected chi connectivity index (χ1v) is 10.4. The zero-order valence-corrected chi connectivity index (χ0v) is 18.7. The molecule has 174 valence electrons. The maximum atomic E-state index is 13.5. The van der Waals surface area contributed by atoms with Gasteiger partial charge in [-0.1, -0.05) is 0 Å². The lowest BCUT2D eigenvalue weighted by molar-refractivity contribution is -0.137. The topological polar surface area (TPSA) is 70.9 Å². The Morgan fingerprint density at radius 2 is 1.75 bits per heavy atom. The Kier molecular flexibility index (Phi) is 6.31. The number of benzene rings is 1. The van der Waals surface area contributed by atoms with Gasteiger partial charge in [-0.05, 0) is 42.9 Å². The highest BCUT2D eigenvalue weighted by atomic mass is 19.4. The number of hydrogen-bond donors (Lipinski definition) is 0. The number of nitrogens with zero attached hydrogens (tertiary/aromatic N) is 5. The van der Waals surface area contributed by atoms with E-state index < -0.39 is 23.3 Å². The summed E-state index contributed by atoms with van der Waals surface area (Å²) in [7, 11) is 6.64. The molecule has 1 spiro atoms. The molecule has 2 fully saturated rings. The zero-order chi connectivity index (χ0) is 23.8. The fourth-order valence-corrected chi connectivity index (χ4v) is 4.71. The Balaban J connectivity index is 1.93. The second kappa shape index (κ2) is 8.52. The van der Waals surface area contributed by atoms with Crippen molar-refractivity contribution in [2.24, 2.45) is 5.41 Å². The number of nitriles is 1. The quantitative estimate of drug-likeness (QED) is 0.693. The molecular formula is C22H28F3N5O2. The van der Waals surface area contributed by atoms with Crippen molar-refractivity contribution in [2.75, 3.05) is 52.7 Å². The van der Waals surface area contributed by atoms with Crippen LogP contribution in [0.15, 0.2) is 18.2 Å². The van der Waals surface area contributed by atoms with E-state index >= 15 is 0 Å². The van der Waals surface area contributed by atoms with E-state index in [4.69, 9.17) is 5.26 Å². The average molecular weight is 451 g/mol. The Morgan fingerprint density at radius 1 is 1.12 bits per heavy atom. The minimum absolute atomic E-state index is 0.0717. The minimum atomic E-state index is -4.67. The van der Waals surface area contributed by atoms with Gasteiger partial charge in [0.1, 0.15) is 6.04 Å². The van der Waals surface area contributed by atoms with Crippen LogP contribution in [-0.2, 0) is 11.0 Å². The Labute approximate surface area is 186 Å². The predicted octanol–water partition coefficient (Wildman–Crippen LogP) is 3.01. The zero-order valence-electron chi connectivity index (χ0n) is 18.7. The molecule has 1 aromatic rings. The molecule has 2 aliphatic heterocycles. The van der Waals surface area contributed by atoms with Crippen molar-refractivity contribution < 1.29 is 22.8 Å². The first-order chi connectivity index (χ1) is 14.9. The summed E-state index contributed by atoms with van der Waals surface area (Å²) in [6.45, 7) is 1.49. The van der Waals surface area contributed by atoms with Crippen LogP contribution in [0.2, 0.25) is 0 Å². The van der Waals surface area contributed by atoms with E-state index in [1.165, 1.54) is 21.9 Å². The number of carbonyl (C=O) groups is 2. The number of anilines is 1. The van der Waals surface area contributed by atoms with Crippen LogP contribution in [0.4, 0.5) is 23.7 Å². The molecule has 0 radical (unpaired) electrons. The first kappa shape index (κ1) is 23.7. The van der Waals surface area contributed by atoms with Gasteiger partial charge in [-0.15, -0.1) is 0 Å². The van der Waals surface area contributed by atoms with Crippen LogP contribution in [0.5, 0.6) is 0 Å². The smallest absolute Gasteiger partial charge is 0.359 e. The van der Waals surface area contributed by atoms with Crippen molar-refractivity contribution in [2.45, 2.75) is 31.5 Å². The van der Waals surface area contributed by atoms with E-state index in [2.05, 4.69) is 0 Å². The number of hydrogen-bond acceptors (Lipinski definition) is 4. The molecule has 7 nitrogen and oxygen atoms in total. The van der Waals surface area contributed by atoms with Gasteiger partial charge in [-0.2, -0.15) is 18.4 Å². The summed E-state index contributed by atoms with van der Waals surface area (Å²) in [4.78, 5) is 31.7. The number of alkyl halides is 3. The molecule has 0 N–H and O–H groups in total. The monoisotopic (exact) mass is 451 g/mol. The van der Waals surface area contributed by atoms with Crippen LogP contribution in [0.1, 0.15) is 30.4 Å². The molecule has 1 aromatic carbocycles. The number of rotatable bonds is 2. The molecule has 3 rings (SSSR count). The molecule has 0 saturated carbocycles. The van der Waals surface area contributed by atoms with Gasteiger partial charge in [-0.25, -0.2) is 4.79 Å². The lowest BCUT2D eigenvalue weighted by Gasteiger charge is -2.40. The van der Waals surface area contributed by atoms with Gasteiger partial charge >= 0.3 is 12.2 Å². The highest BCUT2D eigenvalue weighted by Gasteiger charge is 2.49. The summed E-state index contributed by atoms with van der Waals surface area (Å²) in [5.41, 5.74) is -1.44. The van der Waals surface area contributed by atoms with E-state index in [1.807, 2.05) is 0 Å². The van der Waals surface area contributed by atoms with Gasteiger partial charge in [-0.3, -0.25) is 4.79 Å². The lowest BCUT2D eigenvalue weighted by atomic mass is 9.76. The molecular weight excluding hydrogens is 423 g/mol. The van der Waals surface area contributed by atoms with Gasteiger partial charge in [0.2, 0.25) is 5.91 Å². The summed E-state index contributed by atoms with van der Waals surface area (Å²) < 4.78 is 40.6. The van der Waals surface area contributed by atoms with E-state index in [-0.39, 0.29) is 23.0 Å². The number of amides is 3. The first-order valence-electron chi connectivity index (χ1n) is 10.4. The van der Waals surface area contributed by atoms with Crippen LogP contribution in [0.25, 0.3) is 0 Å². The van der Waals surface area contributed by atoms with Crippen LogP contribution in [0, 0.1) is 16.7 Å². The third-order valence-electron chi connectivity index (χ3n) is 6.47. The van der Waals surface area contributed by atoms with Gasteiger partial charge in [0.15, 0.2) is 0 Å². The largest absolute Gasteiger partial charge is 0.417 e. The number of urea groups is 1. The Hall–Kier alpha value is -2.96. The fraction of sp³-hybridized carbons (Fsp3) is 0.591. The highest BCUT2D eigenvalue weighted by Crippen LogP contribution is 2.46. The average Bonchev–Trinajstić information content (AvgIpc) is 3.10. The molecule has 2 saturated heterocycles. The van der Waals surface area contributed by atoms with Crippen LogP contribution in [-0.4, -0.2) is 80.5 Å². The molecule has 32 heavy (non-hydrogen) atoms. The number of likely N-dealkylation sites (tertiary alicyclic amines) is 1. The minimum Gasteiger partial charge on any atom is -0.359 e. The van der Waals surface area contributed by atoms with E-state index in [9.17, 15) is 22.8 Å². The molecule has 10 heteroatoms. The number of halogens is 3. The molecule has 0 aromatic heterocycles. The molecule has 1 unspecified atom stereocenters. The Bertz CT molecular complexity index is 930. The van der Waals surface area contributed by atoms with Crippen LogP contribution < -0.4 is 4.90 Å². The highest BCUT2D eigenvalue weighted by molar-refractivity contribution is 5.86. The third kappa shape index (κ3) is 4.47. The molecule has 1 atom stereocenters. The van der Waals surface area contributed by atoms with Gasteiger partial charge in [0.25, 0.3) is 0 Å². The van der Waals surface area contributed by atoms with Crippen molar-refractivity contribution in [1.82, 2.24) is 14.7 Å². The van der Waals surface area contributed by atoms with E-state index in [0.717, 1.165) is 6.07 Å². The lowest BCUT2D eigenvalue weighted by Crippen LogP contribution is -2.47. The summed E-state index contributed by atoms with van der Waals surface area (Å²) in [6.07, 6.45) is -2.82. The summed E-state index contributed by atoms with van der Waals surface area (Å²) in [5.74, 6) is -0.174. The molecule has 2 heterocycles. The fourth-order valence-electron chi connectivity index (χ4n) is 4.71. The van der Waals surface area contributed by atoms with Gasteiger partial charge in [0.05, 0.1) is 17.2 Å². The molecule has 3 amide bonds. The standard InChI is InChI=1S/C22H28F3N5O2/c1-27(2)19(31)18-12-21(7-9-29(10-8-21)20(32)28(3)4)14-30(18)16-6-5-15(13-26)17(11-16)22(23,24)25/h5-6,11,18H,7-10,12,14H2,1-4H3. The maximum absolute atomic E-state index is 13.5. The van der Waals surface area contributed by atoms with Crippen LogP contribution in [0.3, 0.4) is 0 Å². The van der Waals surface area contributed by atoms with Crippen LogP contribution >= 0.6 is 0 Å². The van der Waals surface area contributed by atoms with Crippen molar-refractivity contribution in [3.63, 3.8) is 0 Å².